The molecule has 0 radical (unpaired) electrons. The fraction of sp³-hybridized carbons (Fsp3) is 0.850. The summed E-state index contributed by atoms with van der Waals surface area (Å²) in [5, 5.41) is 1.09. The molecular weight excluding hydrogens is 376 g/mol. The molecule has 0 N–H and O–H groups in total. The second-order valence-corrected chi connectivity index (χ2v) is 15.1. The summed E-state index contributed by atoms with van der Waals surface area (Å²) in [6.07, 6.45) is 0.223. The highest BCUT2D eigenvalue weighted by Crippen LogP contribution is 2.39. The summed E-state index contributed by atoms with van der Waals surface area (Å²) < 4.78 is 6.28. The average Bonchev–Trinajstić information content (AvgIpc) is 2.78. The predicted molar refractivity (Wildman–Crippen MR) is 111 cm³/mol. The summed E-state index contributed by atoms with van der Waals surface area (Å²) in [6, 6.07) is -0.282. The van der Waals surface area contributed by atoms with E-state index in [4.69, 9.17) is 9.26 Å². The van der Waals surface area contributed by atoms with Gasteiger partial charge in [-0.2, -0.15) is 5.06 Å². The molecule has 7 nitrogen and oxygen atoms in total. The van der Waals surface area contributed by atoms with Gasteiger partial charge in [-0.3, -0.25) is 9.59 Å². The number of nitrogens with zero attached hydrogens (tertiary/aromatic N) is 2. The van der Waals surface area contributed by atoms with Crippen LogP contribution < -0.4 is 0 Å². The van der Waals surface area contributed by atoms with Gasteiger partial charge < -0.3 is 14.2 Å². The summed E-state index contributed by atoms with van der Waals surface area (Å²) in [7, 11) is -1.95. The lowest BCUT2D eigenvalue weighted by Crippen LogP contribution is -2.48. The van der Waals surface area contributed by atoms with Crippen LogP contribution in [0.1, 0.15) is 61.8 Å². The molecule has 28 heavy (non-hydrogen) atoms. The Morgan fingerprint density at radius 3 is 2.11 bits per heavy atom. The Bertz CT molecular complexity index is 604. The molecule has 0 aliphatic carbocycles. The minimum absolute atomic E-state index is 0.0711. The fourth-order valence-corrected chi connectivity index (χ4v) is 4.15. The van der Waals surface area contributed by atoms with Gasteiger partial charge in [0.25, 0.3) is 5.91 Å². The van der Waals surface area contributed by atoms with E-state index in [9.17, 15) is 14.4 Å². The van der Waals surface area contributed by atoms with Crippen LogP contribution in [0.2, 0.25) is 18.1 Å². The highest BCUT2D eigenvalue weighted by Gasteiger charge is 2.46. The minimum atomic E-state index is -1.95. The zero-order valence-corrected chi connectivity index (χ0v) is 20.2. The number of hydrogen-bond donors (Lipinski definition) is 0. The lowest BCUT2D eigenvalue weighted by atomic mass is 9.91. The van der Waals surface area contributed by atoms with Crippen molar-refractivity contribution in [3.05, 3.63) is 0 Å². The summed E-state index contributed by atoms with van der Waals surface area (Å²) in [6.45, 7) is 20.7. The highest BCUT2D eigenvalue weighted by molar-refractivity contribution is 6.74. The molecule has 8 heteroatoms. The third-order valence-electron chi connectivity index (χ3n) is 5.68. The summed E-state index contributed by atoms with van der Waals surface area (Å²) in [5.41, 5.74) is -0.453. The quantitative estimate of drug-likeness (QED) is 0.492. The monoisotopic (exact) mass is 414 g/mol. The Kier molecular flexibility index (Phi) is 7.50. The Labute approximate surface area is 170 Å². The lowest BCUT2D eigenvalue weighted by Gasteiger charge is -2.38. The van der Waals surface area contributed by atoms with E-state index < -0.39 is 25.6 Å². The van der Waals surface area contributed by atoms with E-state index in [-0.39, 0.29) is 36.0 Å². The number of hydroxylamine groups is 2. The number of hydrogen-bond acceptors (Lipinski definition) is 5. The smallest absolute Gasteiger partial charge is 0.416 e. The van der Waals surface area contributed by atoms with E-state index in [2.05, 4.69) is 33.9 Å². The Hall–Kier alpha value is -1.41. The standard InChI is InChI=1S/C20H38N2O5Si/c1-14(2)22(15(3)4)17(24)18(25)27-21-12-20(8,11-16(21)23)13-26-28(9,10)19(5,6)7/h14-15H,11-13H2,1-10H3. The van der Waals surface area contributed by atoms with E-state index in [1.165, 1.54) is 4.90 Å². The van der Waals surface area contributed by atoms with Crippen LogP contribution in [0, 0.1) is 5.41 Å². The molecule has 1 aliphatic heterocycles. The molecule has 0 aromatic carbocycles. The topological polar surface area (TPSA) is 76.2 Å². The largest absolute Gasteiger partial charge is 0.421 e. The summed E-state index contributed by atoms with van der Waals surface area (Å²) >= 11 is 0. The second-order valence-electron chi connectivity index (χ2n) is 10.2. The first-order chi connectivity index (χ1) is 12.5. The molecule has 1 unspecified atom stereocenters. The van der Waals surface area contributed by atoms with Gasteiger partial charge in [0, 0.05) is 30.5 Å². The molecule has 1 saturated heterocycles. The van der Waals surface area contributed by atoms with Gasteiger partial charge in [-0.25, -0.2) is 4.79 Å². The molecule has 1 rings (SSSR count). The van der Waals surface area contributed by atoms with Crippen molar-refractivity contribution in [3.8, 4) is 0 Å². The van der Waals surface area contributed by atoms with Gasteiger partial charge in [0.2, 0.25) is 0 Å². The van der Waals surface area contributed by atoms with Crippen LogP contribution in [-0.2, 0) is 23.6 Å². The van der Waals surface area contributed by atoms with Crippen molar-refractivity contribution in [2.24, 2.45) is 5.41 Å². The van der Waals surface area contributed by atoms with Crippen molar-refractivity contribution in [2.75, 3.05) is 13.2 Å². The normalized spacial score (nSPS) is 20.9. The van der Waals surface area contributed by atoms with Crippen molar-refractivity contribution in [1.29, 1.82) is 0 Å². The first-order valence-corrected chi connectivity index (χ1v) is 12.9. The molecule has 0 spiro atoms. The van der Waals surface area contributed by atoms with Crippen molar-refractivity contribution in [3.63, 3.8) is 0 Å². The Morgan fingerprint density at radius 2 is 1.68 bits per heavy atom. The maximum Gasteiger partial charge on any atom is 0.421 e. The van der Waals surface area contributed by atoms with E-state index in [1.807, 2.05) is 34.6 Å². The maximum atomic E-state index is 12.4. The zero-order chi connectivity index (χ0) is 22.1. The Morgan fingerprint density at radius 1 is 1.18 bits per heavy atom. The van der Waals surface area contributed by atoms with Crippen LogP contribution >= 0.6 is 0 Å². The van der Waals surface area contributed by atoms with E-state index in [1.54, 1.807) is 0 Å². The number of carbonyl (C=O) groups is 3. The minimum Gasteiger partial charge on any atom is -0.416 e. The van der Waals surface area contributed by atoms with Crippen molar-refractivity contribution in [1.82, 2.24) is 9.96 Å². The highest BCUT2D eigenvalue weighted by atomic mass is 28.4. The molecule has 1 atom stereocenters. The van der Waals surface area contributed by atoms with Gasteiger partial charge in [-0.1, -0.05) is 27.7 Å². The van der Waals surface area contributed by atoms with Gasteiger partial charge >= 0.3 is 11.9 Å². The van der Waals surface area contributed by atoms with Crippen LogP contribution in [0.25, 0.3) is 0 Å². The van der Waals surface area contributed by atoms with Crippen LogP contribution in [0.15, 0.2) is 0 Å². The first-order valence-electron chi connectivity index (χ1n) is 10.00. The average molecular weight is 415 g/mol. The second kappa shape index (κ2) is 8.53. The SMILES string of the molecule is CC(C)N(C(=O)C(=O)ON1CC(C)(CO[Si](C)(C)C(C)(C)C)CC1=O)C(C)C. The third-order valence-corrected chi connectivity index (χ3v) is 10.2. The number of rotatable bonds is 6. The maximum absolute atomic E-state index is 12.4. The molecule has 1 heterocycles. The van der Waals surface area contributed by atoms with Crippen LogP contribution in [0.5, 0.6) is 0 Å². The number of amides is 2. The molecule has 1 aliphatic rings. The molecule has 0 saturated carbocycles. The van der Waals surface area contributed by atoms with Gasteiger partial charge in [-0.15, -0.1) is 0 Å². The van der Waals surface area contributed by atoms with E-state index >= 15 is 0 Å². The van der Waals surface area contributed by atoms with Gasteiger partial charge in [0.1, 0.15) is 0 Å². The van der Waals surface area contributed by atoms with E-state index in [0.717, 1.165) is 5.06 Å². The molecule has 0 aromatic heterocycles. The third kappa shape index (κ3) is 5.79. The molecule has 1 fully saturated rings. The van der Waals surface area contributed by atoms with E-state index in [0.29, 0.717) is 6.61 Å². The molecule has 162 valence electrons. The number of carbonyl (C=O) groups excluding carboxylic acids is 3. The van der Waals surface area contributed by atoms with Crippen LogP contribution in [0.3, 0.4) is 0 Å². The van der Waals surface area contributed by atoms with Crippen molar-refractivity contribution >= 4 is 26.1 Å². The predicted octanol–water partition coefficient (Wildman–Crippen LogP) is 3.35. The van der Waals surface area contributed by atoms with Crippen molar-refractivity contribution in [2.45, 2.75) is 92.0 Å². The van der Waals surface area contributed by atoms with Crippen LogP contribution in [0.4, 0.5) is 0 Å². The zero-order valence-electron chi connectivity index (χ0n) is 19.2. The fourth-order valence-electron chi connectivity index (χ4n) is 3.00. The lowest BCUT2D eigenvalue weighted by molar-refractivity contribution is -0.198. The molecule has 0 aromatic rings. The van der Waals surface area contributed by atoms with Crippen LogP contribution in [-0.4, -0.2) is 61.3 Å². The molecule has 0 bridgehead atoms. The Balaban J connectivity index is 2.77. The van der Waals surface area contributed by atoms with Gasteiger partial charge in [0.05, 0.1) is 6.54 Å². The van der Waals surface area contributed by atoms with Crippen molar-refractivity contribution < 1.29 is 23.6 Å². The summed E-state index contributed by atoms with van der Waals surface area (Å²) in [5.74, 6) is -2.06. The summed E-state index contributed by atoms with van der Waals surface area (Å²) in [4.78, 5) is 43.8. The van der Waals surface area contributed by atoms with Gasteiger partial charge in [0.15, 0.2) is 8.32 Å². The van der Waals surface area contributed by atoms with Gasteiger partial charge in [-0.05, 0) is 45.8 Å². The molecule has 2 amide bonds. The first kappa shape index (κ1) is 24.6. The molecular formula is C20H38N2O5Si.